The quantitative estimate of drug-likeness (QED) is 0.815. The lowest BCUT2D eigenvalue weighted by Crippen LogP contribution is -2.54. The van der Waals surface area contributed by atoms with Gasteiger partial charge < -0.3 is 5.32 Å². The summed E-state index contributed by atoms with van der Waals surface area (Å²) in [6, 6.07) is 3.69. The maximum atomic E-state index is 4.24. The Morgan fingerprint density at radius 3 is 2.50 bits per heavy atom. The maximum Gasteiger partial charge on any atom is 0.0549 e. The Balaban J connectivity index is 2.10. The highest BCUT2D eigenvalue weighted by Crippen LogP contribution is 2.21. The summed E-state index contributed by atoms with van der Waals surface area (Å²) in [7, 11) is 2.01. The summed E-state index contributed by atoms with van der Waals surface area (Å²) in [5.74, 6) is 0. The summed E-state index contributed by atoms with van der Waals surface area (Å²) >= 11 is 0. The summed E-state index contributed by atoms with van der Waals surface area (Å²) in [6.07, 6.45) is 1.88. The normalized spacial score (nSPS) is 29.2. The van der Waals surface area contributed by atoms with E-state index in [0.29, 0.717) is 18.1 Å². The molecule has 0 saturated carbocycles. The van der Waals surface area contributed by atoms with Crippen molar-refractivity contribution < 1.29 is 0 Å². The van der Waals surface area contributed by atoms with Crippen LogP contribution in [0.1, 0.15) is 32.5 Å². The highest BCUT2D eigenvalue weighted by Gasteiger charge is 2.26. The summed E-state index contributed by atoms with van der Waals surface area (Å²) < 4.78 is 1.97. The van der Waals surface area contributed by atoms with Gasteiger partial charge in [-0.15, -0.1) is 0 Å². The number of hydrogen-bond acceptors (Lipinski definition) is 3. The van der Waals surface area contributed by atoms with Gasteiger partial charge in [0.25, 0.3) is 0 Å². The van der Waals surface area contributed by atoms with Gasteiger partial charge in [0.2, 0.25) is 0 Å². The van der Waals surface area contributed by atoms with Gasteiger partial charge in [0.1, 0.15) is 0 Å². The molecule has 2 rings (SSSR count). The number of nitrogens with zero attached hydrogens (tertiary/aromatic N) is 3. The van der Waals surface area contributed by atoms with Crippen LogP contribution in [0.4, 0.5) is 0 Å². The van der Waals surface area contributed by atoms with Crippen LogP contribution in [-0.4, -0.2) is 39.9 Å². The minimum atomic E-state index is 0.444. The Morgan fingerprint density at radius 2 is 2.00 bits per heavy atom. The van der Waals surface area contributed by atoms with Crippen LogP contribution in [0.25, 0.3) is 0 Å². The Labute approximate surface area is 97.6 Å². The predicted octanol–water partition coefficient (Wildman–Crippen LogP) is 1.16. The molecule has 0 spiro atoms. The van der Waals surface area contributed by atoms with E-state index in [1.165, 1.54) is 5.69 Å². The van der Waals surface area contributed by atoms with Gasteiger partial charge in [0.15, 0.2) is 0 Å². The lowest BCUT2D eigenvalue weighted by molar-refractivity contribution is 0.127. The van der Waals surface area contributed by atoms with Crippen LogP contribution in [-0.2, 0) is 7.05 Å². The topological polar surface area (TPSA) is 33.1 Å². The predicted molar refractivity (Wildman–Crippen MR) is 65.3 cm³/mol. The van der Waals surface area contributed by atoms with Crippen LogP contribution < -0.4 is 5.32 Å². The first-order chi connectivity index (χ1) is 7.58. The fraction of sp³-hybridized carbons (Fsp3) is 0.750. The maximum absolute atomic E-state index is 4.24. The Bertz CT molecular complexity index is 337. The molecule has 1 fully saturated rings. The second-order valence-corrected chi connectivity index (χ2v) is 4.98. The Kier molecular flexibility index (Phi) is 3.30. The molecule has 1 aromatic rings. The third-order valence-corrected chi connectivity index (χ3v) is 3.42. The first-order valence-corrected chi connectivity index (χ1v) is 6.06. The van der Waals surface area contributed by atoms with E-state index in [9.17, 15) is 0 Å². The highest BCUT2D eigenvalue weighted by molar-refractivity contribution is 5.06. The zero-order valence-electron chi connectivity index (χ0n) is 10.6. The molecule has 16 heavy (non-hydrogen) atoms. The second kappa shape index (κ2) is 4.55. The van der Waals surface area contributed by atoms with Crippen LogP contribution in [0.2, 0.25) is 0 Å². The average molecular weight is 222 g/mol. The van der Waals surface area contributed by atoms with E-state index in [1.807, 2.05) is 17.9 Å². The van der Waals surface area contributed by atoms with Crippen LogP contribution >= 0.6 is 0 Å². The largest absolute Gasteiger partial charge is 0.309 e. The molecule has 0 radical (unpaired) electrons. The molecular weight excluding hydrogens is 200 g/mol. The number of aromatic nitrogens is 2. The van der Waals surface area contributed by atoms with Gasteiger partial charge in [-0.3, -0.25) is 9.58 Å². The van der Waals surface area contributed by atoms with E-state index in [1.54, 1.807) is 0 Å². The molecule has 1 aromatic heterocycles. The van der Waals surface area contributed by atoms with Crippen molar-refractivity contribution in [1.82, 2.24) is 20.0 Å². The average Bonchev–Trinajstić information content (AvgIpc) is 2.62. The van der Waals surface area contributed by atoms with Crippen LogP contribution in [0, 0.1) is 0 Å². The number of nitrogens with one attached hydrogen (secondary N) is 1. The van der Waals surface area contributed by atoms with Gasteiger partial charge >= 0.3 is 0 Å². The molecule has 4 nitrogen and oxygen atoms in total. The molecule has 4 heteroatoms. The molecule has 0 aromatic carbocycles. The SMILES string of the molecule is CC1CN(C(C)c2ccnn2C)CC(C)N1. The van der Waals surface area contributed by atoms with Crippen molar-refractivity contribution in [2.75, 3.05) is 13.1 Å². The molecule has 0 bridgehead atoms. The third-order valence-electron chi connectivity index (χ3n) is 3.42. The number of rotatable bonds is 2. The van der Waals surface area contributed by atoms with Gasteiger partial charge in [-0.05, 0) is 26.8 Å². The number of aryl methyl sites for hydroxylation is 1. The lowest BCUT2D eigenvalue weighted by atomic mass is 10.1. The molecule has 0 aliphatic carbocycles. The van der Waals surface area contributed by atoms with Gasteiger partial charge in [-0.1, -0.05) is 0 Å². The minimum absolute atomic E-state index is 0.444. The van der Waals surface area contributed by atoms with E-state index < -0.39 is 0 Å². The third kappa shape index (κ3) is 2.28. The van der Waals surface area contributed by atoms with Crippen molar-refractivity contribution in [3.05, 3.63) is 18.0 Å². The van der Waals surface area contributed by atoms with Crippen molar-refractivity contribution in [3.63, 3.8) is 0 Å². The zero-order chi connectivity index (χ0) is 11.7. The van der Waals surface area contributed by atoms with Crippen molar-refractivity contribution in [1.29, 1.82) is 0 Å². The smallest absolute Gasteiger partial charge is 0.0549 e. The van der Waals surface area contributed by atoms with Gasteiger partial charge in [0.05, 0.1) is 5.69 Å². The van der Waals surface area contributed by atoms with Crippen LogP contribution in [0.15, 0.2) is 12.3 Å². The van der Waals surface area contributed by atoms with E-state index in [2.05, 4.69) is 42.2 Å². The van der Waals surface area contributed by atoms with Crippen molar-refractivity contribution in [2.45, 2.75) is 38.9 Å². The molecule has 1 saturated heterocycles. The summed E-state index contributed by atoms with van der Waals surface area (Å²) in [5, 5.41) is 7.80. The fourth-order valence-electron chi connectivity index (χ4n) is 2.67. The molecule has 1 aliphatic rings. The van der Waals surface area contributed by atoms with Crippen molar-refractivity contribution >= 4 is 0 Å². The second-order valence-electron chi connectivity index (χ2n) is 4.98. The zero-order valence-corrected chi connectivity index (χ0v) is 10.6. The highest BCUT2D eigenvalue weighted by atomic mass is 15.3. The lowest BCUT2D eigenvalue weighted by Gasteiger charge is -2.39. The molecule has 3 atom stereocenters. The van der Waals surface area contributed by atoms with Crippen molar-refractivity contribution in [2.24, 2.45) is 7.05 Å². The van der Waals surface area contributed by atoms with Crippen molar-refractivity contribution in [3.8, 4) is 0 Å². The number of piperazine rings is 1. The Hall–Kier alpha value is -0.870. The van der Waals surface area contributed by atoms with Gasteiger partial charge in [-0.2, -0.15) is 5.10 Å². The minimum Gasteiger partial charge on any atom is -0.309 e. The molecule has 2 heterocycles. The Morgan fingerprint density at radius 1 is 1.38 bits per heavy atom. The molecule has 0 amide bonds. The molecule has 90 valence electrons. The summed E-state index contributed by atoms with van der Waals surface area (Å²) in [4.78, 5) is 2.53. The van der Waals surface area contributed by atoms with E-state index >= 15 is 0 Å². The van der Waals surface area contributed by atoms with Gasteiger partial charge in [-0.25, -0.2) is 0 Å². The van der Waals surface area contributed by atoms with E-state index in [0.717, 1.165) is 13.1 Å². The number of hydrogen-bond donors (Lipinski definition) is 1. The molecule has 3 unspecified atom stereocenters. The van der Waals surface area contributed by atoms with Crippen LogP contribution in [0.3, 0.4) is 0 Å². The first-order valence-electron chi connectivity index (χ1n) is 6.06. The molecular formula is C12H22N4. The first kappa shape index (κ1) is 11.6. The van der Waals surface area contributed by atoms with Gasteiger partial charge in [0, 0.05) is 44.5 Å². The standard InChI is InChI=1S/C12H22N4/c1-9-7-16(8-10(2)14-9)11(3)12-5-6-13-15(12)4/h5-6,9-11,14H,7-8H2,1-4H3. The summed E-state index contributed by atoms with van der Waals surface area (Å²) in [5.41, 5.74) is 1.29. The van der Waals surface area contributed by atoms with E-state index in [-0.39, 0.29) is 0 Å². The molecule has 1 N–H and O–H groups in total. The monoisotopic (exact) mass is 222 g/mol. The fourth-order valence-corrected chi connectivity index (χ4v) is 2.67. The van der Waals surface area contributed by atoms with E-state index in [4.69, 9.17) is 0 Å². The molecule has 1 aliphatic heterocycles. The van der Waals surface area contributed by atoms with Crippen LogP contribution in [0.5, 0.6) is 0 Å². The summed E-state index contributed by atoms with van der Waals surface area (Å²) in [6.45, 7) is 8.98.